The quantitative estimate of drug-likeness (QED) is 0.648. The molecule has 1 amide bonds. The molecule has 0 aromatic heterocycles. The van der Waals surface area contributed by atoms with Gasteiger partial charge in [-0.05, 0) is 6.07 Å². The number of nitrogens with zero attached hydrogens (tertiary/aromatic N) is 1. The van der Waals surface area contributed by atoms with Crippen LogP contribution >= 0.6 is 11.8 Å². The Kier molecular flexibility index (Phi) is 1.65. The van der Waals surface area contributed by atoms with Crippen molar-refractivity contribution in [1.82, 2.24) is 4.00 Å². The maximum atomic E-state index is 10.9. The molecule has 1 aromatic rings. The fourth-order valence-corrected chi connectivity index (χ4v) is 1.57. The van der Waals surface area contributed by atoms with Gasteiger partial charge in [0.1, 0.15) is 6.20 Å². The van der Waals surface area contributed by atoms with Crippen molar-refractivity contribution in [1.29, 1.82) is 0 Å². The van der Waals surface area contributed by atoms with Gasteiger partial charge in [0, 0.05) is 17.7 Å². The number of carboxylic acid groups (broad SMARTS) is 1. The fourth-order valence-electron chi connectivity index (χ4n) is 1.35. The monoisotopic (exact) mass is 196 g/mol. The summed E-state index contributed by atoms with van der Waals surface area (Å²) in [5.74, 6) is 0. The second-order valence-electron chi connectivity index (χ2n) is 2.79. The molecule has 13 heavy (non-hydrogen) atoms. The number of benzene rings is 1. The second-order valence-corrected chi connectivity index (χ2v) is 3.33. The van der Waals surface area contributed by atoms with E-state index in [9.17, 15) is 4.79 Å². The molecule has 1 heterocycles. The average molecular weight is 197 g/mol. The zero-order valence-corrected chi connectivity index (χ0v) is 7.40. The van der Waals surface area contributed by atoms with E-state index in [1.807, 2.05) is 12.1 Å². The van der Waals surface area contributed by atoms with Crippen molar-refractivity contribution >= 4 is 29.6 Å². The summed E-state index contributed by atoms with van der Waals surface area (Å²) < 4.78 is -0.684. The summed E-state index contributed by atoms with van der Waals surface area (Å²) in [4.78, 5) is 10.9. The standard InChI is InChI=1S/C9H6ClNO2/c10-11(9(12)13)6-5-7-3-1-2-4-8(7)11/h1-6H/p+1/t11-/m0/s1. The van der Waals surface area contributed by atoms with Gasteiger partial charge in [0.05, 0.1) is 0 Å². The Hall–Kier alpha value is -1.32. The first-order chi connectivity index (χ1) is 6.14. The minimum absolute atomic E-state index is 0.580. The normalized spacial score (nSPS) is 24.4. The van der Waals surface area contributed by atoms with Crippen LogP contribution in [0.5, 0.6) is 0 Å². The zero-order valence-electron chi connectivity index (χ0n) is 6.64. The Morgan fingerprint density at radius 1 is 1.38 bits per heavy atom. The number of hydrogen-bond acceptors (Lipinski definition) is 1. The second kappa shape index (κ2) is 2.58. The smallest absolute Gasteiger partial charge is 0.434 e. The number of amides is 1. The fraction of sp³-hybridized carbons (Fsp3) is 0. The summed E-state index contributed by atoms with van der Waals surface area (Å²) in [6, 6.07) is 7.15. The lowest BCUT2D eigenvalue weighted by atomic mass is 10.2. The topological polar surface area (TPSA) is 37.3 Å². The molecule has 1 aliphatic heterocycles. The number of para-hydroxylation sites is 1. The number of rotatable bonds is 0. The minimum Gasteiger partial charge on any atom is -0.434 e. The molecule has 1 aliphatic rings. The van der Waals surface area contributed by atoms with Crippen molar-refractivity contribution in [3.63, 3.8) is 0 Å². The van der Waals surface area contributed by atoms with Crippen LogP contribution in [0, 0.1) is 0 Å². The van der Waals surface area contributed by atoms with Crippen LogP contribution in [0.15, 0.2) is 30.5 Å². The number of fused-ring (bicyclic) bond motifs is 1. The molecule has 3 nitrogen and oxygen atoms in total. The van der Waals surface area contributed by atoms with Gasteiger partial charge in [0.2, 0.25) is 0 Å². The maximum absolute atomic E-state index is 10.9. The van der Waals surface area contributed by atoms with Gasteiger partial charge in [-0.25, -0.2) is 0 Å². The van der Waals surface area contributed by atoms with Crippen LogP contribution in [0.3, 0.4) is 0 Å². The third-order valence-corrected chi connectivity index (χ3v) is 2.46. The number of halogens is 1. The molecule has 0 aliphatic carbocycles. The van der Waals surface area contributed by atoms with E-state index in [2.05, 4.69) is 0 Å². The van der Waals surface area contributed by atoms with Crippen molar-refractivity contribution in [2.45, 2.75) is 0 Å². The predicted octanol–water partition coefficient (Wildman–Crippen LogP) is 2.81. The van der Waals surface area contributed by atoms with E-state index in [0.29, 0.717) is 5.69 Å². The van der Waals surface area contributed by atoms with Gasteiger partial charge >= 0.3 is 6.09 Å². The third kappa shape index (κ3) is 1.05. The lowest BCUT2D eigenvalue weighted by molar-refractivity contribution is 0.183. The predicted molar refractivity (Wildman–Crippen MR) is 51.1 cm³/mol. The van der Waals surface area contributed by atoms with Crippen LogP contribution in [0.1, 0.15) is 5.56 Å². The number of quaternary nitrogens is 1. The Labute approximate surface area is 80.2 Å². The van der Waals surface area contributed by atoms with Crippen LogP contribution < -0.4 is 4.00 Å². The molecule has 1 atom stereocenters. The van der Waals surface area contributed by atoms with Gasteiger partial charge in [0.15, 0.2) is 17.5 Å². The van der Waals surface area contributed by atoms with Crippen LogP contribution in [0.25, 0.3) is 6.08 Å². The molecule has 2 rings (SSSR count). The van der Waals surface area contributed by atoms with Crippen LogP contribution in [0.4, 0.5) is 10.5 Å². The molecule has 0 bridgehead atoms. The lowest BCUT2D eigenvalue weighted by Gasteiger charge is -2.13. The molecule has 0 saturated carbocycles. The Bertz CT molecular complexity index is 402. The average Bonchev–Trinajstić information content (AvgIpc) is 2.47. The van der Waals surface area contributed by atoms with Crippen molar-refractivity contribution < 1.29 is 9.90 Å². The molecule has 4 heteroatoms. The molecule has 0 fully saturated rings. The lowest BCUT2D eigenvalue weighted by Crippen LogP contribution is -2.36. The SMILES string of the molecule is O=C(O)[N@+]1(Cl)C=Cc2ccccc21. The summed E-state index contributed by atoms with van der Waals surface area (Å²) in [5, 5.41) is 8.91. The highest BCUT2D eigenvalue weighted by atomic mass is 35.5. The van der Waals surface area contributed by atoms with Crippen molar-refractivity contribution in [3.8, 4) is 0 Å². The van der Waals surface area contributed by atoms with Gasteiger partial charge in [-0.3, -0.25) is 0 Å². The van der Waals surface area contributed by atoms with E-state index < -0.39 is 10.1 Å². The van der Waals surface area contributed by atoms with E-state index >= 15 is 0 Å². The van der Waals surface area contributed by atoms with E-state index in [0.717, 1.165) is 5.56 Å². The highest BCUT2D eigenvalue weighted by Crippen LogP contribution is 2.37. The van der Waals surface area contributed by atoms with Crippen LogP contribution in [-0.4, -0.2) is 11.2 Å². The highest BCUT2D eigenvalue weighted by Gasteiger charge is 2.42. The van der Waals surface area contributed by atoms with Gasteiger partial charge < -0.3 is 5.11 Å². The zero-order chi connectivity index (χ0) is 9.47. The summed E-state index contributed by atoms with van der Waals surface area (Å²) in [6.45, 7) is 0. The van der Waals surface area contributed by atoms with E-state index in [1.165, 1.54) is 6.20 Å². The first-order valence-electron chi connectivity index (χ1n) is 3.75. The van der Waals surface area contributed by atoms with Crippen molar-refractivity contribution in [3.05, 3.63) is 36.0 Å². The largest absolute Gasteiger partial charge is 0.542 e. The molecule has 0 saturated heterocycles. The first-order valence-corrected chi connectivity index (χ1v) is 4.09. The van der Waals surface area contributed by atoms with Crippen LogP contribution in [-0.2, 0) is 0 Å². The molecule has 1 aromatic carbocycles. The summed E-state index contributed by atoms with van der Waals surface area (Å²) >= 11 is 5.89. The number of carbonyl (C=O) groups is 1. The summed E-state index contributed by atoms with van der Waals surface area (Å²) in [6.07, 6.45) is 2.05. The minimum atomic E-state index is -1.09. The van der Waals surface area contributed by atoms with E-state index in [4.69, 9.17) is 16.9 Å². The Morgan fingerprint density at radius 3 is 2.77 bits per heavy atom. The third-order valence-electron chi connectivity index (χ3n) is 2.03. The van der Waals surface area contributed by atoms with Crippen molar-refractivity contribution in [2.75, 3.05) is 0 Å². The van der Waals surface area contributed by atoms with Gasteiger partial charge in [0.25, 0.3) is 0 Å². The molecule has 0 radical (unpaired) electrons. The number of hydrogen-bond donors (Lipinski definition) is 1. The molecule has 1 N–H and O–H groups in total. The van der Waals surface area contributed by atoms with Crippen molar-refractivity contribution in [2.24, 2.45) is 0 Å². The van der Waals surface area contributed by atoms with E-state index in [-0.39, 0.29) is 0 Å². The molecule has 0 spiro atoms. The first kappa shape index (κ1) is 8.29. The highest BCUT2D eigenvalue weighted by molar-refractivity contribution is 6.32. The van der Waals surface area contributed by atoms with E-state index in [1.54, 1.807) is 18.2 Å². The molecular weight excluding hydrogens is 190 g/mol. The molecule has 66 valence electrons. The maximum Gasteiger partial charge on any atom is 0.542 e. The van der Waals surface area contributed by atoms with Crippen LogP contribution in [0.2, 0.25) is 0 Å². The Morgan fingerprint density at radius 2 is 2.08 bits per heavy atom. The summed E-state index contributed by atoms with van der Waals surface area (Å²) in [5.41, 5.74) is 1.43. The van der Waals surface area contributed by atoms with Gasteiger partial charge in [-0.15, -0.1) is 0 Å². The molecule has 0 unspecified atom stereocenters. The Balaban J connectivity index is 2.61. The van der Waals surface area contributed by atoms with Gasteiger partial charge in [-0.1, -0.05) is 16.1 Å². The molecular formula is C9H7ClNO2+. The summed E-state index contributed by atoms with van der Waals surface area (Å²) in [7, 11) is 0. The van der Waals surface area contributed by atoms with Gasteiger partial charge in [-0.2, -0.15) is 4.79 Å².